The minimum atomic E-state index is -2.48. The van der Waals surface area contributed by atoms with Gasteiger partial charge in [0.2, 0.25) is 0 Å². The fourth-order valence-corrected chi connectivity index (χ4v) is 5.21. The van der Waals surface area contributed by atoms with Gasteiger partial charge in [-0.2, -0.15) is 0 Å². The first-order chi connectivity index (χ1) is 6.75. The standard InChI is InChI=1S/C10H18O3Si/c1-11-14(12-2,13-3)10-7-8-4-5-9(10)6-8/h7-9H,4-6H2,1-3H3. The number of hydrogen-bond acceptors (Lipinski definition) is 3. The number of rotatable bonds is 4. The molecule has 0 heterocycles. The summed E-state index contributed by atoms with van der Waals surface area (Å²) in [6.45, 7) is 0. The molecule has 0 spiro atoms. The van der Waals surface area contributed by atoms with Gasteiger partial charge in [-0.25, -0.2) is 0 Å². The van der Waals surface area contributed by atoms with Gasteiger partial charge in [0.25, 0.3) is 0 Å². The highest BCUT2D eigenvalue weighted by Crippen LogP contribution is 2.47. The van der Waals surface area contributed by atoms with E-state index in [0.717, 1.165) is 5.92 Å². The molecule has 2 unspecified atom stereocenters. The van der Waals surface area contributed by atoms with Crippen LogP contribution in [-0.4, -0.2) is 30.1 Å². The van der Waals surface area contributed by atoms with Gasteiger partial charge in [0.1, 0.15) is 0 Å². The van der Waals surface area contributed by atoms with Crippen LogP contribution in [0.1, 0.15) is 19.3 Å². The Labute approximate surface area is 86.4 Å². The first-order valence-corrected chi connectivity index (χ1v) is 6.86. The SMILES string of the molecule is CO[Si](OC)(OC)C1=CC2CCC1C2. The smallest absolute Gasteiger partial charge is 0.374 e. The molecule has 3 nitrogen and oxygen atoms in total. The molecular formula is C10H18O3Si. The summed E-state index contributed by atoms with van der Waals surface area (Å²) in [5.41, 5.74) is 0. The molecule has 0 amide bonds. The topological polar surface area (TPSA) is 27.7 Å². The molecule has 2 atom stereocenters. The molecule has 0 N–H and O–H groups in total. The molecule has 0 saturated heterocycles. The average molecular weight is 214 g/mol. The zero-order chi connectivity index (χ0) is 10.2. The van der Waals surface area contributed by atoms with Crippen molar-refractivity contribution in [1.29, 1.82) is 0 Å². The summed E-state index contributed by atoms with van der Waals surface area (Å²) in [6, 6.07) is 0. The second kappa shape index (κ2) is 3.77. The highest BCUT2D eigenvalue weighted by Gasteiger charge is 2.50. The van der Waals surface area contributed by atoms with Gasteiger partial charge < -0.3 is 13.3 Å². The Bertz CT molecular complexity index is 239. The Morgan fingerprint density at radius 2 is 1.79 bits per heavy atom. The summed E-state index contributed by atoms with van der Waals surface area (Å²) in [6.07, 6.45) is 6.22. The molecule has 2 aliphatic rings. The predicted molar refractivity (Wildman–Crippen MR) is 55.7 cm³/mol. The van der Waals surface area contributed by atoms with E-state index in [2.05, 4.69) is 6.08 Å². The molecule has 0 aromatic heterocycles. The Balaban J connectivity index is 2.24. The van der Waals surface area contributed by atoms with Crippen LogP contribution in [0.4, 0.5) is 0 Å². The van der Waals surface area contributed by atoms with Crippen molar-refractivity contribution < 1.29 is 13.3 Å². The van der Waals surface area contributed by atoms with Gasteiger partial charge in [-0.15, -0.1) is 0 Å². The van der Waals surface area contributed by atoms with E-state index in [1.165, 1.54) is 24.5 Å². The molecule has 4 heteroatoms. The third kappa shape index (κ3) is 1.37. The molecule has 2 rings (SSSR count). The van der Waals surface area contributed by atoms with Gasteiger partial charge in [0.05, 0.1) is 0 Å². The first-order valence-electron chi connectivity index (χ1n) is 5.13. The fraction of sp³-hybridized carbons (Fsp3) is 0.800. The van der Waals surface area contributed by atoms with Crippen molar-refractivity contribution in [3.05, 3.63) is 11.3 Å². The van der Waals surface area contributed by atoms with Gasteiger partial charge >= 0.3 is 8.80 Å². The van der Waals surface area contributed by atoms with E-state index < -0.39 is 8.80 Å². The lowest BCUT2D eigenvalue weighted by Crippen LogP contribution is -2.47. The van der Waals surface area contributed by atoms with E-state index in [9.17, 15) is 0 Å². The van der Waals surface area contributed by atoms with Gasteiger partial charge in [0.15, 0.2) is 0 Å². The normalized spacial score (nSPS) is 30.9. The minimum absolute atomic E-state index is 0.659. The van der Waals surface area contributed by atoms with Crippen LogP contribution in [0.3, 0.4) is 0 Å². The second-order valence-electron chi connectivity index (χ2n) is 4.06. The van der Waals surface area contributed by atoms with E-state index in [0.29, 0.717) is 5.92 Å². The number of allylic oxidation sites excluding steroid dienone is 2. The highest BCUT2D eigenvalue weighted by atomic mass is 28.4. The number of hydrogen-bond donors (Lipinski definition) is 0. The Kier molecular flexibility index (Phi) is 2.79. The quantitative estimate of drug-likeness (QED) is 0.667. The van der Waals surface area contributed by atoms with Gasteiger partial charge in [-0.3, -0.25) is 0 Å². The molecule has 14 heavy (non-hydrogen) atoms. The van der Waals surface area contributed by atoms with Crippen molar-refractivity contribution in [2.45, 2.75) is 19.3 Å². The van der Waals surface area contributed by atoms with Gasteiger partial charge in [0, 0.05) is 21.3 Å². The van der Waals surface area contributed by atoms with Crippen molar-refractivity contribution in [2.24, 2.45) is 11.8 Å². The summed E-state index contributed by atoms with van der Waals surface area (Å²) in [5.74, 6) is 1.41. The zero-order valence-corrected chi connectivity index (χ0v) is 10.1. The molecule has 0 aromatic rings. The van der Waals surface area contributed by atoms with E-state index >= 15 is 0 Å². The van der Waals surface area contributed by atoms with E-state index in [1.807, 2.05) is 0 Å². The lowest BCUT2D eigenvalue weighted by Gasteiger charge is -2.29. The Hall–Kier alpha value is -0.163. The molecule has 2 aliphatic carbocycles. The van der Waals surface area contributed by atoms with Crippen molar-refractivity contribution in [1.82, 2.24) is 0 Å². The maximum Gasteiger partial charge on any atom is 0.532 e. The van der Waals surface area contributed by atoms with E-state index in [1.54, 1.807) is 21.3 Å². The summed E-state index contributed by atoms with van der Waals surface area (Å²) in [5, 5.41) is 1.32. The summed E-state index contributed by atoms with van der Waals surface area (Å²) < 4.78 is 16.5. The van der Waals surface area contributed by atoms with Crippen molar-refractivity contribution in [3.8, 4) is 0 Å². The van der Waals surface area contributed by atoms with Crippen LogP contribution in [0.5, 0.6) is 0 Å². The van der Waals surface area contributed by atoms with Crippen molar-refractivity contribution in [2.75, 3.05) is 21.3 Å². The van der Waals surface area contributed by atoms with Crippen LogP contribution in [-0.2, 0) is 13.3 Å². The average Bonchev–Trinajstić information content (AvgIpc) is 2.83. The van der Waals surface area contributed by atoms with Crippen LogP contribution >= 0.6 is 0 Å². The fourth-order valence-electron chi connectivity index (χ4n) is 2.80. The second-order valence-corrected chi connectivity index (χ2v) is 6.98. The van der Waals surface area contributed by atoms with Crippen LogP contribution in [0.15, 0.2) is 11.3 Å². The summed E-state index contributed by atoms with van der Waals surface area (Å²) in [7, 11) is 2.58. The van der Waals surface area contributed by atoms with Crippen molar-refractivity contribution in [3.63, 3.8) is 0 Å². The monoisotopic (exact) mass is 214 g/mol. The van der Waals surface area contributed by atoms with E-state index in [-0.39, 0.29) is 0 Å². The minimum Gasteiger partial charge on any atom is -0.374 e. The molecule has 0 aromatic carbocycles. The lowest BCUT2D eigenvalue weighted by molar-refractivity contribution is 0.131. The van der Waals surface area contributed by atoms with Crippen LogP contribution in [0.25, 0.3) is 0 Å². The van der Waals surface area contributed by atoms with Gasteiger partial charge in [-0.05, 0) is 36.3 Å². The van der Waals surface area contributed by atoms with Crippen LogP contribution in [0.2, 0.25) is 0 Å². The largest absolute Gasteiger partial charge is 0.532 e. The number of fused-ring (bicyclic) bond motifs is 2. The first kappa shape index (κ1) is 10.4. The van der Waals surface area contributed by atoms with E-state index in [4.69, 9.17) is 13.3 Å². The Morgan fingerprint density at radius 3 is 2.14 bits per heavy atom. The van der Waals surface area contributed by atoms with Crippen molar-refractivity contribution >= 4 is 8.80 Å². The van der Waals surface area contributed by atoms with Gasteiger partial charge in [-0.1, -0.05) is 6.08 Å². The van der Waals surface area contributed by atoms with Crippen LogP contribution < -0.4 is 0 Å². The van der Waals surface area contributed by atoms with Crippen LogP contribution in [0, 0.1) is 11.8 Å². The zero-order valence-electron chi connectivity index (χ0n) is 9.08. The third-order valence-electron chi connectivity index (χ3n) is 3.49. The molecule has 80 valence electrons. The molecular weight excluding hydrogens is 196 g/mol. The summed E-state index contributed by atoms with van der Waals surface area (Å²) >= 11 is 0. The molecule has 0 radical (unpaired) electrons. The lowest BCUT2D eigenvalue weighted by atomic mass is 10.1. The molecule has 0 aliphatic heterocycles. The Morgan fingerprint density at radius 1 is 1.14 bits per heavy atom. The molecule has 2 bridgehead atoms. The molecule has 1 saturated carbocycles. The maximum atomic E-state index is 5.50. The highest BCUT2D eigenvalue weighted by molar-refractivity contribution is 6.68. The summed E-state index contributed by atoms with van der Waals surface area (Å²) in [4.78, 5) is 0. The maximum absolute atomic E-state index is 5.50. The molecule has 1 fully saturated rings. The third-order valence-corrected chi connectivity index (χ3v) is 6.38. The predicted octanol–water partition coefficient (Wildman–Crippen LogP) is 1.76.